The highest BCUT2D eigenvalue weighted by atomic mass is 35.5. The van der Waals surface area contributed by atoms with E-state index in [-0.39, 0.29) is 23.5 Å². The molecule has 0 spiro atoms. The van der Waals surface area contributed by atoms with Gasteiger partial charge in [-0.25, -0.2) is 4.79 Å². The Morgan fingerprint density at radius 2 is 1.92 bits per heavy atom. The summed E-state index contributed by atoms with van der Waals surface area (Å²) >= 11 is 11.8. The Hall–Kier alpha value is -2.84. The standard InChI is InChI=1S/C16H13Cl2N3O5/c17-10-2-1-9(13(18)5-10)7-20-15(22)8-26-16(23)12-6-11(21(24)25)3-4-14(12)19/h1-6H,7-8,19H2,(H,20,22). The second-order valence-corrected chi connectivity index (χ2v) is 5.96. The van der Waals surface area contributed by atoms with Crippen molar-refractivity contribution in [1.82, 2.24) is 5.32 Å². The number of nitrogens with zero attached hydrogens (tertiary/aromatic N) is 1. The molecule has 0 atom stereocenters. The zero-order chi connectivity index (χ0) is 19.3. The van der Waals surface area contributed by atoms with Gasteiger partial charge in [0.1, 0.15) is 0 Å². The highest BCUT2D eigenvalue weighted by molar-refractivity contribution is 6.35. The maximum absolute atomic E-state index is 12.0. The molecule has 0 aliphatic rings. The number of nitro benzene ring substituents is 1. The highest BCUT2D eigenvalue weighted by Gasteiger charge is 2.17. The Kier molecular flexibility index (Phi) is 6.37. The van der Waals surface area contributed by atoms with Crippen molar-refractivity contribution in [2.24, 2.45) is 0 Å². The SMILES string of the molecule is Nc1ccc([N+](=O)[O-])cc1C(=O)OCC(=O)NCc1ccc(Cl)cc1Cl. The van der Waals surface area contributed by atoms with E-state index in [9.17, 15) is 19.7 Å². The average molecular weight is 398 g/mol. The lowest BCUT2D eigenvalue weighted by Crippen LogP contribution is -2.28. The molecule has 26 heavy (non-hydrogen) atoms. The maximum Gasteiger partial charge on any atom is 0.341 e. The van der Waals surface area contributed by atoms with Crippen LogP contribution < -0.4 is 11.1 Å². The summed E-state index contributed by atoms with van der Waals surface area (Å²) in [6.45, 7) is -0.461. The van der Waals surface area contributed by atoms with Crippen molar-refractivity contribution in [3.8, 4) is 0 Å². The van der Waals surface area contributed by atoms with Crippen LogP contribution in [0.4, 0.5) is 11.4 Å². The van der Waals surface area contributed by atoms with Crippen molar-refractivity contribution in [1.29, 1.82) is 0 Å². The van der Waals surface area contributed by atoms with E-state index in [2.05, 4.69) is 5.32 Å². The van der Waals surface area contributed by atoms with Gasteiger partial charge in [0.25, 0.3) is 11.6 Å². The monoisotopic (exact) mass is 397 g/mol. The number of amides is 1. The minimum absolute atomic E-state index is 0.00829. The number of esters is 1. The number of hydrogen-bond donors (Lipinski definition) is 2. The summed E-state index contributed by atoms with van der Waals surface area (Å²) in [7, 11) is 0. The first-order valence-corrected chi connectivity index (χ1v) is 7.95. The number of nitro groups is 1. The van der Waals surface area contributed by atoms with E-state index in [4.69, 9.17) is 33.7 Å². The van der Waals surface area contributed by atoms with Crippen LogP contribution in [-0.4, -0.2) is 23.4 Å². The van der Waals surface area contributed by atoms with Gasteiger partial charge >= 0.3 is 5.97 Å². The minimum Gasteiger partial charge on any atom is -0.452 e. The van der Waals surface area contributed by atoms with Crippen molar-refractivity contribution >= 4 is 46.5 Å². The fraction of sp³-hybridized carbons (Fsp3) is 0.125. The Labute approximate surface area is 158 Å². The summed E-state index contributed by atoms with van der Waals surface area (Å²) in [6, 6.07) is 8.19. The van der Waals surface area contributed by atoms with Crippen LogP contribution in [0.25, 0.3) is 0 Å². The molecule has 2 aromatic rings. The summed E-state index contributed by atoms with van der Waals surface area (Å²) in [6.07, 6.45) is 0. The van der Waals surface area contributed by atoms with Gasteiger partial charge in [-0.3, -0.25) is 14.9 Å². The van der Waals surface area contributed by atoms with E-state index in [0.717, 1.165) is 12.1 Å². The first kappa shape index (κ1) is 19.5. The normalized spacial score (nSPS) is 10.2. The third-order valence-corrected chi connectivity index (χ3v) is 3.88. The van der Waals surface area contributed by atoms with Crippen molar-refractivity contribution in [2.75, 3.05) is 12.3 Å². The second kappa shape index (κ2) is 8.50. The number of halogens is 2. The molecule has 136 valence electrons. The molecular formula is C16H13Cl2N3O5. The van der Waals surface area contributed by atoms with Gasteiger partial charge < -0.3 is 15.8 Å². The number of benzene rings is 2. The van der Waals surface area contributed by atoms with Crippen LogP contribution in [0.15, 0.2) is 36.4 Å². The van der Waals surface area contributed by atoms with Gasteiger partial charge in [0.15, 0.2) is 6.61 Å². The van der Waals surface area contributed by atoms with Gasteiger partial charge in [-0.05, 0) is 23.8 Å². The molecule has 3 N–H and O–H groups in total. The molecule has 0 saturated carbocycles. The van der Waals surface area contributed by atoms with Crippen LogP contribution in [0.3, 0.4) is 0 Å². The predicted octanol–water partition coefficient (Wildman–Crippen LogP) is 2.96. The first-order valence-electron chi connectivity index (χ1n) is 7.19. The third kappa shape index (κ3) is 5.08. The fourth-order valence-electron chi connectivity index (χ4n) is 1.95. The molecule has 0 aromatic heterocycles. The molecule has 0 aliphatic heterocycles. The number of rotatable bonds is 6. The molecular weight excluding hydrogens is 385 g/mol. The van der Waals surface area contributed by atoms with Gasteiger partial charge in [-0.2, -0.15) is 0 Å². The van der Waals surface area contributed by atoms with E-state index in [1.807, 2.05) is 0 Å². The number of anilines is 1. The first-order chi connectivity index (χ1) is 12.3. The van der Waals surface area contributed by atoms with Gasteiger partial charge in [0.05, 0.1) is 10.5 Å². The van der Waals surface area contributed by atoms with E-state index in [1.165, 1.54) is 12.1 Å². The van der Waals surface area contributed by atoms with Crippen molar-refractivity contribution in [3.63, 3.8) is 0 Å². The fourth-order valence-corrected chi connectivity index (χ4v) is 2.43. The highest BCUT2D eigenvalue weighted by Crippen LogP contribution is 2.21. The van der Waals surface area contributed by atoms with Crippen LogP contribution >= 0.6 is 23.2 Å². The van der Waals surface area contributed by atoms with Crippen LogP contribution in [0, 0.1) is 10.1 Å². The van der Waals surface area contributed by atoms with Crippen LogP contribution in [-0.2, 0) is 16.1 Å². The molecule has 0 unspecified atom stereocenters. The molecule has 0 bridgehead atoms. The number of carbonyl (C=O) groups excluding carboxylic acids is 2. The van der Waals surface area contributed by atoms with E-state index in [1.54, 1.807) is 12.1 Å². The molecule has 0 fully saturated rings. The number of ether oxygens (including phenoxy) is 1. The van der Waals surface area contributed by atoms with Crippen LogP contribution in [0.2, 0.25) is 10.0 Å². The molecule has 0 heterocycles. The van der Waals surface area contributed by atoms with Crippen molar-refractivity contribution in [2.45, 2.75) is 6.54 Å². The maximum atomic E-state index is 12.0. The summed E-state index contributed by atoms with van der Waals surface area (Å²) in [5, 5.41) is 14.1. The number of nitrogens with one attached hydrogen (secondary N) is 1. The van der Waals surface area contributed by atoms with Crippen molar-refractivity contribution in [3.05, 3.63) is 67.7 Å². The quantitative estimate of drug-likeness (QED) is 0.334. The summed E-state index contributed by atoms with van der Waals surface area (Å²) < 4.78 is 4.84. The molecule has 2 aromatic carbocycles. The number of carbonyl (C=O) groups is 2. The average Bonchev–Trinajstić information content (AvgIpc) is 2.59. The smallest absolute Gasteiger partial charge is 0.341 e. The minimum atomic E-state index is -0.939. The predicted molar refractivity (Wildman–Crippen MR) is 96.1 cm³/mol. The lowest BCUT2D eigenvalue weighted by Gasteiger charge is -2.09. The van der Waals surface area contributed by atoms with Crippen LogP contribution in [0.5, 0.6) is 0 Å². The Morgan fingerprint density at radius 1 is 1.19 bits per heavy atom. The molecule has 1 amide bonds. The summed E-state index contributed by atoms with van der Waals surface area (Å²) in [4.78, 5) is 33.8. The molecule has 0 aliphatic carbocycles. The zero-order valence-corrected chi connectivity index (χ0v) is 14.7. The molecule has 0 saturated heterocycles. The largest absolute Gasteiger partial charge is 0.452 e. The summed E-state index contributed by atoms with van der Waals surface area (Å²) in [5.41, 5.74) is 5.76. The Balaban J connectivity index is 1.92. The lowest BCUT2D eigenvalue weighted by atomic mass is 10.1. The molecule has 10 heteroatoms. The number of nitrogen functional groups attached to an aromatic ring is 1. The molecule has 0 radical (unpaired) electrons. The number of non-ortho nitro benzene ring substituents is 1. The van der Waals surface area contributed by atoms with Gasteiger partial charge in [0, 0.05) is 34.4 Å². The Morgan fingerprint density at radius 3 is 2.58 bits per heavy atom. The van der Waals surface area contributed by atoms with Gasteiger partial charge in [-0.15, -0.1) is 0 Å². The lowest BCUT2D eigenvalue weighted by molar-refractivity contribution is -0.384. The number of nitrogens with two attached hydrogens (primary N) is 1. The third-order valence-electron chi connectivity index (χ3n) is 3.29. The van der Waals surface area contributed by atoms with Gasteiger partial charge in [-0.1, -0.05) is 29.3 Å². The summed E-state index contributed by atoms with van der Waals surface area (Å²) in [5.74, 6) is -1.51. The topological polar surface area (TPSA) is 125 Å². The van der Waals surface area contributed by atoms with Gasteiger partial charge in [0.2, 0.25) is 0 Å². The Bertz CT molecular complexity index is 873. The van der Waals surface area contributed by atoms with E-state index in [0.29, 0.717) is 15.6 Å². The van der Waals surface area contributed by atoms with E-state index < -0.39 is 23.4 Å². The van der Waals surface area contributed by atoms with Crippen LogP contribution in [0.1, 0.15) is 15.9 Å². The van der Waals surface area contributed by atoms with Crippen molar-refractivity contribution < 1.29 is 19.2 Å². The molecule has 2 rings (SSSR count). The zero-order valence-electron chi connectivity index (χ0n) is 13.2. The van der Waals surface area contributed by atoms with E-state index >= 15 is 0 Å². The molecule has 8 nitrogen and oxygen atoms in total. The number of hydrogen-bond acceptors (Lipinski definition) is 6. The second-order valence-electron chi connectivity index (χ2n) is 5.12.